The maximum absolute atomic E-state index is 11.7. The molecule has 0 aliphatic rings. The van der Waals surface area contributed by atoms with Crippen molar-refractivity contribution in [1.82, 2.24) is 0 Å². The minimum atomic E-state index is -0.544. The van der Waals surface area contributed by atoms with E-state index in [0.29, 0.717) is 11.5 Å². The minimum absolute atomic E-state index is 0.221. The fourth-order valence-electron chi connectivity index (χ4n) is 1.94. The van der Waals surface area contributed by atoms with Crippen molar-refractivity contribution in [3.63, 3.8) is 0 Å². The average Bonchev–Trinajstić information content (AvgIpc) is 2.87. The molecule has 0 atom stereocenters. The molecule has 5 heteroatoms. The van der Waals surface area contributed by atoms with E-state index in [9.17, 15) is 4.79 Å². The van der Waals surface area contributed by atoms with Gasteiger partial charge in [-0.2, -0.15) is 0 Å². The second kappa shape index (κ2) is 6.01. The Kier molecular flexibility index (Phi) is 3.92. The van der Waals surface area contributed by atoms with Crippen molar-refractivity contribution in [2.45, 2.75) is 6.61 Å². The van der Waals surface area contributed by atoms with Gasteiger partial charge in [-0.15, -0.1) is 0 Å². The van der Waals surface area contributed by atoms with Crippen LogP contribution in [0.5, 0.6) is 0 Å². The number of amides is 1. The Morgan fingerprint density at radius 2 is 1.95 bits per heavy atom. The number of rotatable bonds is 3. The molecule has 1 amide bonds. The van der Waals surface area contributed by atoms with Gasteiger partial charge in [-0.3, -0.25) is 5.32 Å². The molecule has 1 N–H and O–H groups in total. The number of ether oxygens (including phenoxy) is 1. The number of benzene rings is 2. The molecule has 0 aliphatic heterocycles. The van der Waals surface area contributed by atoms with Crippen LogP contribution < -0.4 is 5.32 Å². The normalized spacial score (nSPS) is 10.5. The molecule has 4 nitrogen and oxygen atoms in total. The Bertz CT molecular complexity index is 768. The third-order valence-corrected chi connectivity index (χ3v) is 3.41. The smallest absolute Gasteiger partial charge is 0.414 e. The number of hydrogen-bond donors (Lipinski definition) is 1. The van der Waals surface area contributed by atoms with Crippen molar-refractivity contribution < 1.29 is 13.9 Å². The van der Waals surface area contributed by atoms with Gasteiger partial charge in [-0.05, 0) is 23.8 Å². The maximum atomic E-state index is 11.7. The zero-order chi connectivity index (χ0) is 14.7. The molecule has 3 rings (SSSR count). The third kappa shape index (κ3) is 3.44. The number of nitrogens with one attached hydrogen (secondary N) is 1. The first-order valence-corrected chi connectivity index (χ1v) is 7.17. The lowest BCUT2D eigenvalue weighted by Gasteiger charge is -2.04. The van der Waals surface area contributed by atoms with Gasteiger partial charge >= 0.3 is 6.09 Å². The van der Waals surface area contributed by atoms with E-state index in [1.54, 1.807) is 6.07 Å². The maximum Gasteiger partial charge on any atom is 0.414 e. The van der Waals surface area contributed by atoms with Crippen LogP contribution in [0.4, 0.5) is 10.7 Å². The largest absolute Gasteiger partial charge is 0.444 e. The molecule has 0 aliphatic carbocycles. The number of carbonyl (C=O) groups is 1. The van der Waals surface area contributed by atoms with E-state index in [0.717, 1.165) is 15.4 Å². The lowest BCUT2D eigenvalue weighted by molar-refractivity contribution is 0.154. The Balaban J connectivity index is 1.63. The molecular formula is C16H12BrNO3. The van der Waals surface area contributed by atoms with E-state index in [1.807, 2.05) is 48.5 Å². The minimum Gasteiger partial charge on any atom is -0.444 e. The number of carbonyl (C=O) groups excluding carboxylic acids is 1. The molecule has 0 unspecified atom stereocenters. The SMILES string of the molecule is O=C(Nc1cc2cc(Br)ccc2o1)OCc1ccccc1. The number of halogens is 1. The van der Waals surface area contributed by atoms with Gasteiger partial charge in [0.05, 0.1) is 0 Å². The summed E-state index contributed by atoms with van der Waals surface area (Å²) in [6.07, 6.45) is -0.544. The Morgan fingerprint density at radius 1 is 1.14 bits per heavy atom. The first kappa shape index (κ1) is 13.7. The summed E-state index contributed by atoms with van der Waals surface area (Å²) in [6.45, 7) is 0.221. The van der Waals surface area contributed by atoms with Gasteiger partial charge in [0.25, 0.3) is 0 Å². The number of furan rings is 1. The topological polar surface area (TPSA) is 51.5 Å². The average molecular weight is 346 g/mol. The second-order valence-corrected chi connectivity index (χ2v) is 5.40. The van der Waals surface area contributed by atoms with Crippen molar-refractivity contribution >= 4 is 38.9 Å². The van der Waals surface area contributed by atoms with Crippen LogP contribution in [0.3, 0.4) is 0 Å². The Labute approximate surface area is 129 Å². The molecule has 1 aromatic heterocycles. The summed E-state index contributed by atoms with van der Waals surface area (Å²) >= 11 is 3.39. The lowest BCUT2D eigenvalue weighted by atomic mass is 10.2. The van der Waals surface area contributed by atoms with E-state index in [2.05, 4.69) is 21.2 Å². The summed E-state index contributed by atoms with van der Waals surface area (Å²) in [6, 6.07) is 16.9. The van der Waals surface area contributed by atoms with Crippen LogP contribution >= 0.6 is 15.9 Å². The first-order valence-electron chi connectivity index (χ1n) is 6.37. The predicted molar refractivity (Wildman–Crippen MR) is 84.2 cm³/mol. The molecule has 0 radical (unpaired) electrons. The molecule has 21 heavy (non-hydrogen) atoms. The van der Waals surface area contributed by atoms with Crippen molar-refractivity contribution in [2.75, 3.05) is 5.32 Å². The van der Waals surface area contributed by atoms with Crippen LogP contribution in [-0.2, 0) is 11.3 Å². The Hall–Kier alpha value is -2.27. The third-order valence-electron chi connectivity index (χ3n) is 2.92. The second-order valence-electron chi connectivity index (χ2n) is 4.48. The summed E-state index contributed by atoms with van der Waals surface area (Å²) in [7, 11) is 0. The molecular weight excluding hydrogens is 334 g/mol. The van der Waals surface area contributed by atoms with Crippen molar-refractivity contribution in [2.24, 2.45) is 0 Å². The van der Waals surface area contributed by atoms with Gasteiger partial charge in [0.15, 0.2) is 0 Å². The quantitative estimate of drug-likeness (QED) is 0.730. The summed E-state index contributed by atoms with van der Waals surface area (Å²) < 4.78 is 11.6. The summed E-state index contributed by atoms with van der Waals surface area (Å²) in [4.78, 5) is 11.7. The van der Waals surface area contributed by atoms with Crippen LogP contribution in [0.2, 0.25) is 0 Å². The van der Waals surface area contributed by atoms with Crippen LogP contribution in [0.1, 0.15) is 5.56 Å². The molecule has 106 valence electrons. The van der Waals surface area contributed by atoms with E-state index in [1.165, 1.54) is 0 Å². The highest BCUT2D eigenvalue weighted by Crippen LogP contribution is 2.26. The molecule has 2 aromatic carbocycles. The van der Waals surface area contributed by atoms with E-state index >= 15 is 0 Å². The van der Waals surface area contributed by atoms with E-state index in [-0.39, 0.29) is 6.61 Å². The summed E-state index contributed by atoms with van der Waals surface area (Å²) in [5, 5.41) is 3.48. The molecule has 3 aromatic rings. The monoisotopic (exact) mass is 345 g/mol. The zero-order valence-electron chi connectivity index (χ0n) is 11.0. The fraction of sp³-hybridized carbons (Fsp3) is 0.0625. The van der Waals surface area contributed by atoms with Crippen molar-refractivity contribution in [3.05, 3.63) is 64.6 Å². The van der Waals surface area contributed by atoms with Crippen LogP contribution in [0.25, 0.3) is 11.0 Å². The van der Waals surface area contributed by atoms with Crippen molar-refractivity contribution in [3.8, 4) is 0 Å². The molecule has 0 bridgehead atoms. The molecule has 0 saturated carbocycles. The number of anilines is 1. The fourth-order valence-corrected chi connectivity index (χ4v) is 2.31. The van der Waals surface area contributed by atoms with E-state index < -0.39 is 6.09 Å². The van der Waals surface area contributed by atoms with Gasteiger partial charge in [0, 0.05) is 15.9 Å². The van der Waals surface area contributed by atoms with Crippen LogP contribution in [-0.4, -0.2) is 6.09 Å². The molecule has 0 saturated heterocycles. The van der Waals surface area contributed by atoms with Gasteiger partial charge in [0.2, 0.25) is 5.88 Å². The molecule has 1 heterocycles. The van der Waals surface area contributed by atoms with E-state index in [4.69, 9.17) is 9.15 Å². The van der Waals surface area contributed by atoms with Gasteiger partial charge in [0.1, 0.15) is 12.2 Å². The van der Waals surface area contributed by atoms with Gasteiger partial charge in [-0.1, -0.05) is 46.3 Å². The van der Waals surface area contributed by atoms with Crippen LogP contribution in [0.15, 0.2) is 63.5 Å². The van der Waals surface area contributed by atoms with Crippen LogP contribution in [0, 0.1) is 0 Å². The standard InChI is InChI=1S/C16H12BrNO3/c17-13-6-7-14-12(8-13)9-15(21-14)18-16(19)20-10-11-4-2-1-3-5-11/h1-9H,10H2,(H,18,19). The Morgan fingerprint density at radius 3 is 2.76 bits per heavy atom. The zero-order valence-corrected chi connectivity index (χ0v) is 12.6. The highest BCUT2D eigenvalue weighted by molar-refractivity contribution is 9.10. The first-order chi connectivity index (χ1) is 10.2. The lowest BCUT2D eigenvalue weighted by Crippen LogP contribution is -2.12. The number of hydrogen-bond acceptors (Lipinski definition) is 3. The highest BCUT2D eigenvalue weighted by atomic mass is 79.9. The van der Waals surface area contributed by atoms with Crippen molar-refractivity contribution in [1.29, 1.82) is 0 Å². The summed E-state index contributed by atoms with van der Waals surface area (Å²) in [5.41, 5.74) is 1.64. The molecule has 0 spiro atoms. The number of fused-ring (bicyclic) bond motifs is 1. The highest BCUT2D eigenvalue weighted by Gasteiger charge is 2.09. The summed E-state index contributed by atoms with van der Waals surface area (Å²) in [5.74, 6) is 0.362. The van der Waals surface area contributed by atoms with Gasteiger partial charge in [-0.25, -0.2) is 4.79 Å². The van der Waals surface area contributed by atoms with Gasteiger partial charge < -0.3 is 9.15 Å². The molecule has 0 fully saturated rings. The predicted octanol–water partition coefficient (Wildman–Crippen LogP) is 4.94.